The molecule has 0 saturated heterocycles. The van der Waals surface area contributed by atoms with E-state index in [-0.39, 0.29) is 18.1 Å². The highest BCUT2D eigenvalue weighted by atomic mass is 16.4. The number of nitrogens with zero attached hydrogens (tertiary/aromatic N) is 2. The van der Waals surface area contributed by atoms with Crippen LogP contribution in [0.15, 0.2) is 22.6 Å². The SMILES string of the molecule is CN(CC(N)=O)c1nc2ccc(C(=O)O)cc2o1. The number of amides is 1. The Balaban J connectivity index is 2.38. The van der Waals surface area contributed by atoms with Gasteiger partial charge in [-0.25, -0.2) is 4.79 Å². The number of likely N-dealkylation sites (N-methyl/N-ethyl adjacent to an activating group) is 1. The van der Waals surface area contributed by atoms with E-state index >= 15 is 0 Å². The summed E-state index contributed by atoms with van der Waals surface area (Å²) in [6.45, 7) is -0.0292. The molecule has 1 aromatic heterocycles. The maximum Gasteiger partial charge on any atom is 0.335 e. The summed E-state index contributed by atoms with van der Waals surface area (Å²) in [5, 5.41) is 8.85. The topological polar surface area (TPSA) is 110 Å². The van der Waals surface area contributed by atoms with Gasteiger partial charge < -0.3 is 20.2 Å². The number of primary amides is 1. The van der Waals surface area contributed by atoms with E-state index in [0.717, 1.165) is 0 Å². The van der Waals surface area contributed by atoms with E-state index in [1.54, 1.807) is 13.1 Å². The summed E-state index contributed by atoms with van der Waals surface area (Å²) >= 11 is 0. The number of carbonyl (C=O) groups excluding carboxylic acids is 1. The van der Waals surface area contributed by atoms with Crippen LogP contribution in [0.3, 0.4) is 0 Å². The fourth-order valence-electron chi connectivity index (χ4n) is 1.51. The fourth-order valence-corrected chi connectivity index (χ4v) is 1.51. The Morgan fingerprint density at radius 3 is 2.83 bits per heavy atom. The molecule has 0 radical (unpaired) electrons. The van der Waals surface area contributed by atoms with Crippen LogP contribution in [-0.4, -0.2) is 35.6 Å². The summed E-state index contributed by atoms with van der Waals surface area (Å²) in [7, 11) is 1.60. The van der Waals surface area contributed by atoms with Crippen molar-refractivity contribution in [1.29, 1.82) is 0 Å². The number of aromatic nitrogens is 1. The van der Waals surface area contributed by atoms with E-state index in [2.05, 4.69) is 4.98 Å². The third-order valence-corrected chi connectivity index (χ3v) is 2.34. The highest BCUT2D eigenvalue weighted by Gasteiger charge is 2.13. The first-order chi connectivity index (χ1) is 8.47. The maximum atomic E-state index is 10.8. The molecule has 0 atom stereocenters. The Morgan fingerprint density at radius 1 is 1.50 bits per heavy atom. The molecule has 0 unspecified atom stereocenters. The summed E-state index contributed by atoms with van der Waals surface area (Å²) in [6.07, 6.45) is 0. The smallest absolute Gasteiger partial charge is 0.335 e. The lowest BCUT2D eigenvalue weighted by atomic mass is 10.2. The molecule has 0 aliphatic rings. The third-order valence-electron chi connectivity index (χ3n) is 2.34. The van der Waals surface area contributed by atoms with Crippen LogP contribution in [-0.2, 0) is 4.79 Å². The predicted octanol–water partition coefficient (Wildman–Crippen LogP) is 0.447. The van der Waals surface area contributed by atoms with Crippen molar-refractivity contribution in [2.75, 3.05) is 18.5 Å². The molecule has 1 amide bonds. The van der Waals surface area contributed by atoms with Crippen LogP contribution in [0.5, 0.6) is 0 Å². The number of carboxylic acids is 1. The summed E-state index contributed by atoms with van der Waals surface area (Å²) in [5.74, 6) is -1.55. The first-order valence-electron chi connectivity index (χ1n) is 5.10. The maximum absolute atomic E-state index is 10.8. The zero-order valence-corrected chi connectivity index (χ0v) is 9.58. The molecule has 94 valence electrons. The van der Waals surface area contributed by atoms with Crippen molar-refractivity contribution >= 4 is 29.0 Å². The number of rotatable bonds is 4. The Morgan fingerprint density at radius 2 is 2.22 bits per heavy atom. The molecule has 7 nitrogen and oxygen atoms in total. The lowest BCUT2D eigenvalue weighted by Gasteiger charge is -2.10. The van der Waals surface area contributed by atoms with Gasteiger partial charge in [0.15, 0.2) is 5.58 Å². The first kappa shape index (κ1) is 11.9. The number of carbonyl (C=O) groups is 2. The lowest BCUT2D eigenvalue weighted by molar-refractivity contribution is -0.116. The average Bonchev–Trinajstić information content (AvgIpc) is 2.70. The minimum Gasteiger partial charge on any atom is -0.478 e. The summed E-state index contributed by atoms with van der Waals surface area (Å²) in [6, 6.07) is 4.58. The first-order valence-corrected chi connectivity index (χ1v) is 5.10. The van der Waals surface area contributed by atoms with Gasteiger partial charge in [-0.15, -0.1) is 0 Å². The summed E-state index contributed by atoms with van der Waals surface area (Å²) in [5.41, 5.74) is 6.04. The molecule has 7 heteroatoms. The molecule has 3 N–H and O–H groups in total. The Labute approximate surface area is 102 Å². The molecule has 18 heavy (non-hydrogen) atoms. The summed E-state index contributed by atoms with van der Waals surface area (Å²) < 4.78 is 5.37. The second-order valence-electron chi connectivity index (χ2n) is 3.81. The van der Waals surface area contributed by atoms with Crippen molar-refractivity contribution in [2.24, 2.45) is 5.73 Å². The monoisotopic (exact) mass is 249 g/mol. The number of aromatic carboxylic acids is 1. The van der Waals surface area contributed by atoms with Crippen molar-refractivity contribution in [3.8, 4) is 0 Å². The molecule has 2 rings (SSSR count). The molecule has 0 fully saturated rings. The molecular formula is C11H11N3O4. The van der Waals surface area contributed by atoms with Crippen molar-refractivity contribution in [1.82, 2.24) is 4.98 Å². The van der Waals surface area contributed by atoms with Gasteiger partial charge in [0.2, 0.25) is 5.91 Å². The van der Waals surface area contributed by atoms with Crippen LogP contribution in [0.2, 0.25) is 0 Å². The molecule has 1 aromatic carbocycles. The van der Waals surface area contributed by atoms with Gasteiger partial charge in [0.05, 0.1) is 5.56 Å². The van der Waals surface area contributed by atoms with E-state index in [0.29, 0.717) is 11.1 Å². The number of carboxylic acid groups (broad SMARTS) is 1. The molecule has 0 aliphatic carbocycles. The highest BCUT2D eigenvalue weighted by Crippen LogP contribution is 2.22. The summed E-state index contributed by atoms with van der Waals surface area (Å²) in [4.78, 5) is 27.1. The van der Waals surface area contributed by atoms with E-state index < -0.39 is 11.9 Å². The van der Waals surface area contributed by atoms with Crippen LogP contribution in [0.1, 0.15) is 10.4 Å². The van der Waals surface area contributed by atoms with Crippen LogP contribution in [0.25, 0.3) is 11.1 Å². The van der Waals surface area contributed by atoms with Crippen molar-refractivity contribution in [3.63, 3.8) is 0 Å². The Hall–Kier alpha value is -2.57. The Kier molecular flexibility index (Phi) is 2.88. The van der Waals surface area contributed by atoms with E-state index in [4.69, 9.17) is 15.3 Å². The number of nitrogens with two attached hydrogens (primary N) is 1. The van der Waals surface area contributed by atoms with Crippen molar-refractivity contribution in [2.45, 2.75) is 0 Å². The van der Waals surface area contributed by atoms with Crippen LogP contribution in [0, 0.1) is 0 Å². The highest BCUT2D eigenvalue weighted by molar-refractivity contribution is 5.92. The number of hydrogen-bond donors (Lipinski definition) is 2. The van der Waals surface area contributed by atoms with Gasteiger partial charge in [-0.1, -0.05) is 0 Å². The number of oxazole rings is 1. The Bertz CT molecular complexity index is 620. The van der Waals surface area contributed by atoms with E-state index in [1.807, 2.05) is 0 Å². The number of anilines is 1. The van der Waals surface area contributed by atoms with Gasteiger partial charge in [0, 0.05) is 7.05 Å². The van der Waals surface area contributed by atoms with Gasteiger partial charge in [0.1, 0.15) is 12.1 Å². The molecular weight excluding hydrogens is 238 g/mol. The quantitative estimate of drug-likeness (QED) is 0.813. The van der Waals surface area contributed by atoms with Gasteiger partial charge >= 0.3 is 5.97 Å². The third kappa shape index (κ3) is 2.24. The largest absolute Gasteiger partial charge is 0.478 e. The minimum atomic E-state index is -1.04. The second-order valence-corrected chi connectivity index (χ2v) is 3.81. The fraction of sp³-hybridized carbons (Fsp3) is 0.182. The second kappa shape index (κ2) is 4.36. The standard InChI is InChI=1S/C11H11N3O4/c1-14(5-9(12)15)11-13-7-3-2-6(10(16)17)4-8(7)18-11/h2-4H,5H2,1H3,(H2,12,15)(H,16,17). The minimum absolute atomic E-state index is 0.0292. The van der Waals surface area contributed by atoms with Crippen LogP contribution in [0.4, 0.5) is 6.01 Å². The number of hydrogen-bond acceptors (Lipinski definition) is 5. The van der Waals surface area contributed by atoms with Gasteiger partial charge in [-0.05, 0) is 18.2 Å². The van der Waals surface area contributed by atoms with Gasteiger partial charge in [0.25, 0.3) is 6.01 Å². The van der Waals surface area contributed by atoms with Crippen LogP contribution >= 0.6 is 0 Å². The lowest BCUT2D eigenvalue weighted by Crippen LogP contribution is -2.30. The van der Waals surface area contributed by atoms with Crippen molar-refractivity contribution in [3.05, 3.63) is 23.8 Å². The van der Waals surface area contributed by atoms with E-state index in [1.165, 1.54) is 17.0 Å². The number of benzene rings is 1. The number of fused-ring (bicyclic) bond motifs is 1. The zero-order valence-electron chi connectivity index (χ0n) is 9.58. The average molecular weight is 249 g/mol. The molecule has 0 spiro atoms. The molecule has 0 saturated carbocycles. The predicted molar refractivity (Wildman–Crippen MR) is 63.4 cm³/mol. The van der Waals surface area contributed by atoms with Crippen LogP contribution < -0.4 is 10.6 Å². The molecule has 1 heterocycles. The van der Waals surface area contributed by atoms with Gasteiger partial charge in [-0.3, -0.25) is 4.79 Å². The molecule has 0 bridgehead atoms. The normalized spacial score (nSPS) is 10.5. The van der Waals surface area contributed by atoms with Crippen molar-refractivity contribution < 1.29 is 19.1 Å². The zero-order chi connectivity index (χ0) is 13.3. The molecule has 0 aliphatic heterocycles. The molecule has 2 aromatic rings. The van der Waals surface area contributed by atoms with Gasteiger partial charge in [-0.2, -0.15) is 4.98 Å². The van der Waals surface area contributed by atoms with E-state index in [9.17, 15) is 9.59 Å².